The third-order valence-electron chi connectivity index (χ3n) is 5.93. The summed E-state index contributed by atoms with van der Waals surface area (Å²) in [6.07, 6.45) is 2.22. The number of fused-ring (bicyclic) bond motifs is 1. The quantitative estimate of drug-likeness (QED) is 0.541. The van der Waals surface area contributed by atoms with Crippen molar-refractivity contribution in [1.82, 2.24) is 24.9 Å². The van der Waals surface area contributed by atoms with Crippen molar-refractivity contribution in [3.05, 3.63) is 34.1 Å². The van der Waals surface area contributed by atoms with Crippen LogP contribution in [0.25, 0.3) is 20.9 Å². The van der Waals surface area contributed by atoms with E-state index in [4.69, 9.17) is 28.2 Å². The molecule has 10 heteroatoms. The number of carbonyl (C=O) groups is 1. The predicted octanol–water partition coefficient (Wildman–Crippen LogP) is 3.98. The lowest BCUT2D eigenvalue weighted by atomic mass is 10.2. The van der Waals surface area contributed by atoms with Gasteiger partial charge in [0.1, 0.15) is 4.88 Å². The van der Waals surface area contributed by atoms with Gasteiger partial charge in [-0.15, -0.1) is 16.4 Å². The molecule has 0 spiro atoms. The average molecular weight is 478 g/mol. The van der Waals surface area contributed by atoms with Crippen molar-refractivity contribution in [2.24, 2.45) is 0 Å². The molecular weight excluding hydrogens is 454 g/mol. The van der Waals surface area contributed by atoms with Gasteiger partial charge >= 0.3 is 0 Å². The van der Waals surface area contributed by atoms with E-state index in [0.29, 0.717) is 28.5 Å². The highest BCUT2D eigenvalue weighted by Gasteiger charge is 2.30. The zero-order chi connectivity index (χ0) is 21.5. The molecule has 1 aliphatic carbocycles. The van der Waals surface area contributed by atoms with Gasteiger partial charge in [0.2, 0.25) is 5.91 Å². The van der Waals surface area contributed by atoms with Crippen molar-refractivity contribution in [3.63, 3.8) is 0 Å². The molecule has 0 bridgehead atoms. The summed E-state index contributed by atoms with van der Waals surface area (Å²) in [5.41, 5.74) is 0. The molecule has 164 valence electrons. The van der Waals surface area contributed by atoms with Gasteiger partial charge in [-0.1, -0.05) is 29.8 Å². The number of rotatable bonds is 6. The van der Waals surface area contributed by atoms with Crippen LogP contribution in [0, 0.1) is 4.84 Å². The fourth-order valence-electron chi connectivity index (χ4n) is 3.84. The summed E-state index contributed by atoms with van der Waals surface area (Å²) in [5, 5.41) is 9.35. The largest absolute Gasteiger partial charge is 0.408 e. The van der Waals surface area contributed by atoms with Crippen LogP contribution in [-0.2, 0) is 11.5 Å². The number of aromatic nitrogens is 2. The molecule has 3 heterocycles. The van der Waals surface area contributed by atoms with Gasteiger partial charge in [-0.05, 0) is 38.0 Å². The Balaban J connectivity index is 1.23. The maximum atomic E-state index is 12.3. The van der Waals surface area contributed by atoms with Crippen LogP contribution in [0.5, 0.6) is 0 Å². The Morgan fingerprint density at radius 1 is 1.32 bits per heavy atom. The fraction of sp³-hybridized carbons (Fsp3) is 0.476. The minimum atomic E-state index is -0.0985. The van der Waals surface area contributed by atoms with Crippen LogP contribution in [-0.4, -0.2) is 63.8 Å². The van der Waals surface area contributed by atoms with Crippen molar-refractivity contribution in [2.45, 2.75) is 38.5 Å². The Morgan fingerprint density at radius 3 is 2.77 bits per heavy atom. The Labute approximate surface area is 194 Å². The number of benzene rings is 1. The first-order chi connectivity index (χ1) is 15.0. The molecule has 1 amide bonds. The second kappa shape index (κ2) is 8.63. The molecule has 1 aromatic carbocycles. The number of nitrogens with one attached hydrogen (secondary N) is 1. The summed E-state index contributed by atoms with van der Waals surface area (Å²) in [5.74, 6) is 0.597. The third kappa shape index (κ3) is 4.42. The Hall–Kier alpha value is -1.78. The third-order valence-corrected chi connectivity index (χ3v) is 7.88. The highest BCUT2D eigenvalue weighted by molar-refractivity contribution is 7.71. The van der Waals surface area contributed by atoms with Crippen molar-refractivity contribution in [2.75, 3.05) is 26.2 Å². The second-order valence-electron chi connectivity index (χ2n) is 8.17. The standard InChI is InChI=1S/C21H24ClN5O2S2/c1-13(19(28)23-14-6-7-14)26-10-8-25(9-11-26)12-27-21(30)29-20(24-27)18-17(22)15-4-2-3-5-16(15)31-18/h2-5,13-14H,6-12H2,1H3,(H,23,28)/t13-/m0/s1. The topological polar surface area (TPSA) is 66.5 Å². The molecule has 1 N–H and O–H groups in total. The van der Waals surface area contributed by atoms with E-state index >= 15 is 0 Å². The molecule has 3 aromatic rings. The summed E-state index contributed by atoms with van der Waals surface area (Å²) in [6.45, 7) is 5.89. The summed E-state index contributed by atoms with van der Waals surface area (Å²) in [4.78, 5) is 18.0. The molecule has 0 radical (unpaired) electrons. The summed E-state index contributed by atoms with van der Waals surface area (Å²) in [6, 6.07) is 8.28. The maximum Gasteiger partial charge on any atom is 0.288 e. The van der Waals surface area contributed by atoms with E-state index in [1.807, 2.05) is 31.2 Å². The minimum absolute atomic E-state index is 0.0985. The maximum absolute atomic E-state index is 12.3. The number of halogens is 1. The van der Waals surface area contributed by atoms with Crippen LogP contribution in [0.2, 0.25) is 5.02 Å². The van der Waals surface area contributed by atoms with Crippen LogP contribution >= 0.6 is 35.2 Å². The first-order valence-corrected chi connectivity index (χ1v) is 12.1. The van der Waals surface area contributed by atoms with Gasteiger partial charge in [-0.2, -0.15) is 0 Å². The highest BCUT2D eigenvalue weighted by Crippen LogP contribution is 2.41. The van der Waals surface area contributed by atoms with Crippen molar-refractivity contribution in [3.8, 4) is 10.8 Å². The van der Waals surface area contributed by atoms with Crippen molar-refractivity contribution >= 4 is 51.1 Å². The van der Waals surface area contributed by atoms with E-state index in [1.54, 1.807) is 16.0 Å². The van der Waals surface area contributed by atoms with Gasteiger partial charge in [0, 0.05) is 42.3 Å². The number of hydrogen-bond donors (Lipinski definition) is 1. The Kier molecular flexibility index (Phi) is 5.87. The van der Waals surface area contributed by atoms with Crippen LogP contribution in [0.3, 0.4) is 0 Å². The molecule has 0 unspecified atom stereocenters. The molecule has 1 saturated carbocycles. The normalized spacial score (nSPS) is 19.0. The van der Waals surface area contributed by atoms with Gasteiger partial charge in [-0.3, -0.25) is 14.6 Å². The lowest BCUT2D eigenvalue weighted by molar-refractivity contribution is -0.126. The van der Waals surface area contributed by atoms with Crippen LogP contribution in [0.15, 0.2) is 28.7 Å². The number of piperazine rings is 1. The zero-order valence-electron chi connectivity index (χ0n) is 17.2. The van der Waals surface area contributed by atoms with E-state index in [0.717, 1.165) is 54.0 Å². The molecule has 2 fully saturated rings. The van der Waals surface area contributed by atoms with Crippen molar-refractivity contribution in [1.29, 1.82) is 0 Å². The predicted molar refractivity (Wildman–Crippen MR) is 125 cm³/mol. The van der Waals surface area contributed by atoms with Gasteiger partial charge in [0.25, 0.3) is 10.7 Å². The van der Waals surface area contributed by atoms with Gasteiger partial charge in [0.05, 0.1) is 17.7 Å². The van der Waals surface area contributed by atoms with E-state index in [-0.39, 0.29) is 11.9 Å². The minimum Gasteiger partial charge on any atom is -0.408 e. The Bertz CT molecular complexity index is 1160. The molecule has 1 aliphatic heterocycles. The zero-order valence-corrected chi connectivity index (χ0v) is 19.6. The molecule has 31 heavy (non-hydrogen) atoms. The van der Waals surface area contributed by atoms with Crippen LogP contribution in [0.4, 0.5) is 0 Å². The first-order valence-electron chi connectivity index (χ1n) is 10.5. The number of hydrogen-bond acceptors (Lipinski definition) is 7. The molecule has 7 nitrogen and oxygen atoms in total. The fourth-order valence-corrected chi connectivity index (χ4v) is 5.45. The molecular formula is C21H24ClN5O2S2. The van der Waals surface area contributed by atoms with Gasteiger partial charge in [-0.25, -0.2) is 4.68 Å². The van der Waals surface area contributed by atoms with Crippen molar-refractivity contribution < 1.29 is 9.21 Å². The number of nitrogens with zero attached hydrogens (tertiary/aromatic N) is 4. The van der Waals surface area contributed by atoms with Crippen LogP contribution < -0.4 is 5.32 Å². The van der Waals surface area contributed by atoms with Gasteiger partial charge < -0.3 is 9.73 Å². The highest BCUT2D eigenvalue weighted by atomic mass is 35.5. The number of thiophene rings is 1. The molecule has 1 saturated heterocycles. The first kappa shape index (κ1) is 21.1. The lowest BCUT2D eigenvalue weighted by Gasteiger charge is -2.37. The van der Waals surface area contributed by atoms with E-state index in [1.165, 1.54) is 0 Å². The van der Waals surface area contributed by atoms with E-state index in [2.05, 4.69) is 20.2 Å². The van der Waals surface area contributed by atoms with Crippen LogP contribution in [0.1, 0.15) is 19.8 Å². The summed E-state index contributed by atoms with van der Waals surface area (Å²) >= 11 is 13.5. The summed E-state index contributed by atoms with van der Waals surface area (Å²) in [7, 11) is 0. The second-order valence-corrected chi connectivity index (χ2v) is 9.95. The SMILES string of the molecule is C[C@@H](C(=O)NC1CC1)N1CCN(Cn2nc(-c3sc4ccccc4c3Cl)oc2=S)CC1. The molecule has 2 aromatic heterocycles. The molecule has 5 rings (SSSR count). The van der Waals surface area contributed by atoms with Gasteiger partial charge in [0.15, 0.2) is 0 Å². The Morgan fingerprint density at radius 2 is 2.06 bits per heavy atom. The summed E-state index contributed by atoms with van der Waals surface area (Å²) < 4.78 is 8.59. The smallest absolute Gasteiger partial charge is 0.288 e. The molecule has 2 aliphatic rings. The monoisotopic (exact) mass is 477 g/mol. The molecule has 1 atom stereocenters. The number of carbonyl (C=O) groups excluding carboxylic acids is 1. The lowest BCUT2D eigenvalue weighted by Crippen LogP contribution is -2.54. The average Bonchev–Trinajstić information content (AvgIpc) is 3.43. The number of amides is 1. The van der Waals surface area contributed by atoms with E-state index in [9.17, 15) is 4.79 Å². The van der Waals surface area contributed by atoms with E-state index < -0.39 is 0 Å².